The van der Waals surface area contributed by atoms with Gasteiger partial charge in [-0.15, -0.1) is 0 Å². The topological polar surface area (TPSA) is 79.5 Å². The minimum Gasteiger partial charge on any atom is -0.471 e. The van der Waals surface area contributed by atoms with Gasteiger partial charge in [0.05, 0.1) is 6.26 Å². The molecule has 1 aromatic heterocycles. The molecule has 1 heterocycles. The van der Waals surface area contributed by atoms with Gasteiger partial charge >= 0.3 is 0 Å². The Morgan fingerprint density at radius 1 is 1.60 bits per heavy atom. The Hall–Kier alpha value is -0.850. The van der Waals surface area contributed by atoms with Crippen LogP contribution in [0.5, 0.6) is 0 Å². The van der Waals surface area contributed by atoms with Crippen LogP contribution in [0.15, 0.2) is 27.9 Å². The summed E-state index contributed by atoms with van der Waals surface area (Å²) < 4.78 is 25.8. The third-order valence-electron chi connectivity index (χ3n) is 0.926. The predicted molar refractivity (Wildman–Crippen MR) is 30.8 cm³/mol. The second-order valence-electron chi connectivity index (χ2n) is 1.55. The van der Waals surface area contributed by atoms with Gasteiger partial charge in [0, 0.05) is 0 Å². The molecule has 0 aliphatic heterocycles. The standard InChI is InChI=1S/C4H5NO4S/c6-5-10(7,8)4-1-2-9-3-4/h1-3,5-6H. The quantitative estimate of drug-likeness (QED) is 0.599. The van der Waals surface area contributed by atoms with Crippen molar-refractivity contribution < 1.29 is 18.0 Å². The third kappa shape index (κ3) is 1.18. The summed E-state index contributed by atoms with van der Waals surface area (Å²) >= 11 is 0. The summed E-state index contributed by atoms with van der Waals surface area (Å²) in [6.45, 7) is 0. The molecule has 5 nitrogen and oxygen atoms in total. The Balaban J connectivity index is 3.09. The minimum absolute atomic E-state index is 0.102. The monoisotopic (exact) mass is 163 g/mol. The number of hydrogen-bond acceptors (Lipinski definition) is 4. The molecule has 0 bridgehead atoms. The van der Waals surface area contributed by atoms with Gasteiger partial charge in [-0.1, -0.05) is 4.89 Å². The molecule has 0 aliphatic rings. The molecule has 0 radical (unpaired) electrons. The van der Waals surface area contributed by atoms with Crippen molar-refractivity contribution in [2.24, 2.45) is 0 Å². The number of furan rings is 1. The van der Waals surface area contributed by atoms with E-state index in [0.717, 1.165) is 11.1 Å². The second kappa shape index (κ2) is 2.41. The molecule has 0 amide bonds. The molecule has 0 aliphatic carbocycles. The van der Waals surface area contributed by atoms with E-state index in [0.29, 0.717) is 0 Å². The van der Waals surface area contributed by atoms with E-state index in [4.69, 9.17) is 5.21 Å². The summed E-state index contributed by atoms with van der Waals surface area (Å²) in [5.41, 5.74) is 0. The lowest BCUT2D eigenvalue weighted by molar-refractivity contribution is 0.242. The molecular formula is C4H5NO4S. The van der Waals surface area contributed by atoms with Gasteiger partial charge in [0.1, 0.15) is 11.2 Å². The molecule has 2 N–H and O–H groups in total. The van der Waals surface area contributed by atoms with E-state index in [-0.39, 0.29) is 4.90 Å². The average Bonchev–Trinajstić information content (AvgIpc) is 2.38. The molecular weight excluding hydrogens is 158 g/mol. The first-order valence-corrected chi connectivity index (χ1v) is 3.83. The van der Waals surface area contributed by atoms with Crippen molar-refractivity contribution in [3.63, 3.8) is 0 Å². The van der Waals surface area contributed by atoms with E-state index in [1.165, 1.54) is 12.3 Å². The molecule has 0 aromatic carbocycles. The van der Waals surface area contributed by atoms with Crippen LogP contribution in [-0.4, -0.2) is 13.6 Å². The molecule has 10 heavy (non-hydrogen) atoms. The highest BCUT2D eigenvalue weighted by molar-refractivity contribution is 7.89. The van der Waals surface area contributed by atoms with Crippen molar-refractivity contribution in [2.45, 2.75) is 4.90 Å². The lowest BCUT2D eigenvalue weighted by atomic mass is 10.7. The van der Waals surface area contributed by atoms with Crippen LogP contribution in [-0.2, 0) is 10.0 Å². The number of sulfonamides is 1. The molecule has 0 saturated heterocycles. The van der Waals surface area contributed by atoms with Crippen LogP contribution in [0.4, 0.5) is 0 Å². The van der Waals surface area contributed by atoms with Crippen LogP contribution in [0.2, 0.25) is 0 Å². The first-order chi connectivity index (χ1) is 4.67. The van der Waals surface area contributed by atoms with Gasteiger partial charge in [-0.25, -0.2) is 8.42 Å². The SMILES string of the molecule is O=S(=O)(NO)c1ccoc1. The van der Waals surface area contributed by atoms with Crippen molar-refractivity contribution in [1.29, 1.82) is 0 Å². The maximum atomic E-state index is 10.6. The molecule has 1 rings (SSSR count). The molecule has 56 valence electrons. The number of rotatable bonds is 2. The van der Waals surface area contributed by atoms with E-state index in [9.17, 15) is 8.42 Å². The van der Waals surface area contributed by atoms with E-state index >= 15 is 0 Å². The fraction of sp³-hybridized carbons (Fsp3) is 0. The number of hydrogen-bond donors (Lipinski definition) is 2. The summed E-state index contributed by atoms with van der Waals surface area (Å²) in [6.07, 6.45) is 2.21. The smallest absolute Gasteiger partial charge is 0.265 e. The van der Waals surface area contributed by atoms with Crippen LogP contribution in [0.1, 0.15) is 0 Å². The Labute approximate surface area is 57.3 Å². The summed E-state index contributed by atoms with van der Waals surface area (Å²) in [5, 5.41) is 8.09. The maximum Gasteiger partial charge on any atom is 0.265 e. The minimum atomic E-state index is -3.74. The van der Waals surface area contributed by atoms with Gasteiger partial charge in [-0.05, 0) is 6.07 Å². The van der Waals surface area contributed by atoms with Crippen LogP contribution in [0.25, 0.3) is 0 Å². The fourth-order valence-electron chi connectivity index (χ4n) is 0.458. The summed E-state index contributed by atoms with van der Waals surface area (Å²) in [7, 11) is -3.74. The molecule has 1 aromatic rings. The highest BCUT2D eigenvalue weighted by atomic mass is 32.2. The van der Waals surface area contributed by atoms with Crippen molar-refractivity contribution in [3.05, 3.63) is 18.6 Å². The highest BCUT2D eigenvalue weighted by Gasteiger charge is 2.12. The van der Waals surface area contributed by atoms with Gasteiger partial charge < -0.3 is 9.62 Å². The molecule has 0 atom stereocenters. The van der Waals surface area contributed by atoms with Crippen LogP contribution in [0.3, 0.4) is 0 Å². The third-order valence-corrected chi connectivity index (χ3v) is 2.02. The molecule has 0 saturated carbocycles. The summed E-state index contributed by atoms with van der Waals surface area (Å²) in [6, 6.07) is 1.22. The van der Waals surface area contributed by atoms with E-state index in [1.54, 1.807) is 0 Å². The predicted octanol–water partition coefficient (Wildman–Crippen LogP) is -0.0529. The lowest BCUT2D eigenvalue weighted by Crippen LogP contribution is -2.18. The fourth-order valence-corrected chi connectivity index (χ4v) is 0.980. The number of nitrogens with one attached hydrogen (secondary N) is 1. The second-order valence-corrected chi connectivity index (χ2v) is 3.21. The van der Waals surface area contributed by atoms with Crippen molar-refractivity contribution in [2.75, 3.05) is 0 Å². The summed E-state index contributed by atoms with van der Waals surface area (Å²) in [4.78, 5) is 1.05. The van der Waals surface area contributed by atoms with Crippen molar-refractivity contribution >= 4 is 10.0 Å². The van der Waals surface area contributed by atoms with Crippen LogP contribution >= 0.6 is 0 Å². The Morgan fingerprint density at radius 3 is 2.70 bits per heavy atom. The zero-order chi connectivity index (χ0) is 7.61. The molecule has 0 fully saturated rings. The Morgan fingerprint density at radius 2 is 2.30 bits per heavy atom. The molecule has 0 spiro atoms. The van der Waals surface area contributed by atoms with E-state index in [1.807, 2.05) is 0 Å². The van der Waals surface area contributed by atoms with E-state index < -0.39 is 10.0 Å². The maximum absolute atomic E-state index is 10.6. The zero-order valence-electron chi connectivity index (χ0n) is 4.81. The van der Waals surface area contributed by atoms with Crippen LogP contribution in [0, 0.1) is 0 Å². The first-order valence-electron chi connectivity index (χ1n) is 2.35. The Kier molecular flexibility index (Phi) is 1.75. The molecule has 0 unspecified atom stereocenters. The van der Waals surface area contributed by atoms with Gasteiger partial charge in [0.2, 0.25) is 0 Å². The van der Waals surface area contributed by atoms with Gasteiger partial charge in [0.15, 0.2) is 0 Å². The first kappa shape index (κ1) is 7.26. The van der Waals surface area contributed by atoms with Gasteiger partial charge in [-0.3, -0.25) is 0 Å². The summed E-state index contributed by atoms with van der Waals surface area (Å²) in [5.74, 6) is 0. The largest absolute Gasteiger partial charge is 0.471 e. The van der Waals surface area contributed by atoms with E-state index in [2.05, 4.69) is 4.42 Å². The van der Waals surface area contributed by atoms with Gasteiger partial charge in [-0.2, -0.15) is 0 Å². The Bertz CT molecular complexity index is 287. The lowest BCUT2D eigenvalue weighted by Gasteiger charge is -1.92. The average molecular weight is 163 g/mol. The van der Waals surface area contributed by atoms with Crippen LogP contribution < -0.4 is 4.89 Å². The zero-order valence-corrected chi connectivity index (χ0v) is 5.63. The molecule has 6 heteroatoms. The normalized spacial score (nSPS) is 11.7. The van der Waals surface area contributed by atoms with Crippen molar-refractivity contribution in [1.82, 2.24) is 4.89 Å². The van der Waals surface area contributed by atoms with Crippen molar-refractivity contribution in [3.8, 4) is 0 Å². The van der Waals surface area contributed by atoms with Gasteiger partial charge in [0.25, 0.3) is 10.0 Å². The highest BCUT2D eigenvalue weighted by Crippen LogP contribution is 2.06.